The lowest BCUT2D eigenvalue weighted by Crippen LogP contribution is -2.36. The highest BCUT2D eigenvalue weighted by molar-refractivity contribution is 6.00. The van der Waals surface area contributed by atoms with Crippen LogP contribution in [-0.2, 0) is 0 Å². The molecule has 0 radical (unpaired) electrons. The number of aliphatic hydroxyl groups is 1. The maximum Gasteiger partial charge on any atom is 0.136 e. The number of amidine groups is 1. The monoisotopic (exact) mass is 287 g/mol. The zero-order chi connectivity index (χ0) is 13.1. The summed E-state index contributed by atoms with van der Waals surface area (Å²) in [5.41, 5.74) is 6.31. The first-order valence-corrected chi connectivity index (χ1v) is 6.12. The fourth-order valence-corrected chi connectivity index (χ4v) is 2.40. The van der Waals surface area contributed by atoms with Crippen molar-refractivity contribution in [2.45, 2.75) is 12.8 Å². The van der Waals surface area contributed by atoms with Gasteiger partial charge in [0.05, 0.1) is 11.3 Å². The van der Waals surface area contributed by atoms with Gasteiger partial charge < -0.3 is 15.7 Å². The van der Waals surface area contributed by atoms with Gasteiger partial charge in [-0.25, -0.2) is 4.39 Å². The molecule has 1 aromatic carbocycles. The van der Waals surface area contributed by atoms with E-state index in [1.165, 1.54) is 6.07 Å². The molecule has 1 aliphatic heterocycles. The van der Waals surface area contributed by atoms with Crippen molar-refractivity contribution in [2.75, 3.05) is 24.6 Å². The summed E-state index contributed by atoms with van der Waals surface area (Å²) in [6, 6.07) is 4.75. The Morgan fingerprint density at radius 1 is 1.42 bits per heavy atom. The molecule has 19 heavy (non-hydrogen) atoms. The molecule has 0 spiro atoms. The number of nitrogen functional groups attached to an aromatic ring is 1. The third kappa shape index (κ3) is 3.36. The van der Waals surface area contributed by atoms with Crippen LogP contribution in [0.15, 0.2) is 18.2 Å². The Kier molecular flexibility index (Phi) is 5.57. The Bertz CT molecular complexity index is 448. The third-order valence-electron chi connectivity index (χ3n) is 3.47. The second-order valence-corrected chi connectivity index (χ2v) is 4.66. The Morgan fingerprint density at radius 3 is 2.58 bits per heavy atom. The molecule has 4 N–H and O–H groups in total. The van der Waals surface area contributed by atoms with E-state index < -0.39 is 5.82 Å². The minimum Gasteiger partial charge on any atom is -0.396 e. The molecule has 0 unspecified atom stereocenters. The van der Waals surface area contributed by atoms with Crippen molar-refractivity contribution >= 4 is 23.9 Å². The number of nitrogens with one attached hydrogen (secondary N) is 1. The summed E-state index contributed by atoms with van der Waals surface area (Å²) < 4.78 is 13.7. The van der Waals surface area contributed by atoms with E-state index in [4.69, 9.17) is 16.2 Å². The van der Waals surface area contributed by atoms with Crippen molar-refractivity contribution in [2.24, 2.45) is 11.7 Å². The molecule has 4 nitrogen and oxygen atoms in total. The molecule has 0 amide bonds. The van der Waals surface area contributed by atoms with Crippen LogP contribution in [0.25, 0.3) is 0 Å². The predicted molar refractivity (Wildman–Crippen MR) is 76.7 cm³/mol. The number of hydrogen-bond acceptors (Lipinski definition) is 3. The van der Waals surface area contributed by atoms with E-state index in [2.05, 4.69) is 0 Å². The van der Waals surface area contributed by atoms with Gasteiger partial charge in [-0.15, -0.1) is 12.4 Å². The van der Waals surface area contributed by atoms with Crippen molar-refractivity contribution < 1.29 is 9.50 Å². The number of halogens is 2. The van der Waals surface area contributed by atoms with E-state index in [-0.39, 0.29) is 30.4 Å². The summed E-state index contributed by atoms with van der Waals surface area (Å²) >= 11 is 0. The van der Waals surface area contributed by atoms with Crippen molar-refractivity contribution in [3.05, 3.63) is 29.6 Å². The van der Waals surface area contributed by atoms with Gasteiger partial charge in [-0.3, -0.25) is 5.41 Å². The summed E-state index contributed by atoms with van der Waals surface area (Å²) in [5.74, 6) is -0.368. The topological polar surface area (TPSA) is 73.3 Å². The normalized spacial score (nSPS) is 16.0. The Balaban J connectivity index is 0.00000180. The largest absolute Gasteiger partial charge is 0.396 e. The van der Waals surface area contributed by atoms with E-state index in [1.807, 2.05) is 4.90 Å². The van der Waals surface area contributed by atoms with E-state index in [0.717, 1.165) is 25.9 Å². The molecule has 6 heteroatoms. The summed E-state index contributed by atoms with van der Waals surface area (Å²) in [6.07, 6.45) is 1.76. The highest BCUT2D eigenvalue weighted by Gasteiger charge is 2.22. The van der Waals surface area contributed by atoms with Crippen molar-refractivity contribution in [1.29, 1.82) is 5.41 Å². The maximum atomic E-state index is 13.7. The number of piperidine rings is 1. The minimum atomic E-state index is -0.454. The quantitative estimate of drug-likeness (QED) is 0.586. The first-order valence-electron chi connectivity index (χ1n) is 6.12. The van der Waals surface area contributed by atoms with Crippen LogP contribution in [0, 0.1) is 17.1 Å². The second kappa shape index (κ2) is 6.73. The minimum absolute atomic E-state index is 0. The van der Waals surface area contributed by atoms with Gasteiger partial charge >= 0.3 is 0 Å². The highest BCUT2D eigenvalue weighted by Crippen LogP contribution is 2.27. The first-order chi connectivity index (χ1) is 8.63. The van der Waals surface area contributed by atoms with Gasteiger partial charge in [0.15, 0.2) is 0 Å². The molecule has 0 aliphatic carbocycles. The zero-order valence-corrected chi connectivity index (χ0v) is 11.4. The average molecular weight is 288 g/mol. The van der Waals surface area contributed by atoms with Crippen molar-refractivity contribution in [3.8, 4) is 0 Å². The highest BCUT2D eigenvalue weighted by atomic mass is 35.5. The van der Waals surface area contributed by atoms with Gasteiger partial charge in [0, 0.05) is 19.7 Å². The lowest BCUT2D eigenvalue weighted by atomic mass is 9.96. The number of anilines is 1. The van der Waals surface area contributed by atoms with Crippen LogP contribution < -0.4 is 10.6 Å². The van der Waals surface area contributed by atoms with Gasteiger partial charge in [-0.2, -0.15) is 0 Å². The lowest BCUT2D eigenvalue weighted by molar-refractivity contribution is 0.203. The number of hydrogen-bond donors (Lipinski definition) is 3. The van der Waals surface area contributed by atoms with E-state index in [9.17, 15) is 4.39 Å². The van der Waals surface area contributed by atoms with Gasteiger partial charge in [-0.1, -0.05) is 6.07 Å². The molecule has 1 heterocycles. The number of aliphatic hydroxyl groups excluding tert-OH is 1. The average Bonchev–Trinajstić information content (AvgIpc) is 2.38. The number of nitrogens with zero attached hydrogens (tertiary/aromatic N) is 1. The molecule has 2 rings (SSSR count). The molecule has 0 saturated carbocycles. The summed E-state index contributed by atoms with van der Waals surface area (Å²) in [5, 5.41) is 16.6. The molecular formula is C13H19ClFN3O. The molecule has 1 aliphatic rings. The molecule has 1 saturated heterocycles. The third-order valence-corrected chi connectivity index (χ3v) is 3.47. The molecule has 0 bridgehead atoms. The Morgan fingerprint density at radius 2 is 2.05 bits per heavy atom. The Labute approximate surface area is 118 Å². The smallest absolute Gasteiger partial charge is 0.136 e. The molecule has 1 fully saturated rings. The molecule has 0 atom stereocenters. The van der Waals surface area contributed by atoms with Crippen LogP contribution in [0.4, 0.5) is 10.1 Å². The van der Waals surface area contributed by atoms with E-state index in [1.54, 1.807) is 12.1 Å². The van der Waals surface area contributed by atoms with Crippen molar-refractivity contribution in [3.63, 3.8) is 0 Å². The van der Waals surface area contributed by atoms with Crippen LogP contribution in [0.3, 0.4) is 0 Å². The molecule has 1 aromatic rings. The lowest BCUT2D eigenvalue weighted by Gasteiger charge is -2.34. The van der Waals surface area contributed by atoms with E-state index >= 15 is 0 Å². The van der Waals surface area contributed by atoms with Gasteiger partial charge in [0.25, 0.3) is 0 Å². The van der Waals surface area contributed by atoms with Crippen molar-refractivity contribution in [1.82, 2.24) is 0 Å². The fraction of sp³-hybridized carbons (Fsp3) is 0.462. The zero-order valence-electron chi connectivity index (χ0n) is 10.6. The summed E-state index contributed by atoms with van der Waals surface area (Å²) in [7, 11) is 0. The first kappa shape index (κ1) is 15.7. The van der Waals surface area contributed by atoms with Crippen LogP contribution >= 0.6 is 12.4 Å². The summed E-state index contributed by atoms with van der Waals surface area (Å²) in [4.78, 5) is 2.03. The molecule has 0 aromatic heterocycles. The summed E-state index contributed by atoms with van der Waals surface area (Å²) in [6.45, 7) is 1.72. The van der Waals surface area contributed by atoms with Crippen LogP contribution in [0.2, 0.25) is 0 Å². The van der Waals surface area contributed by atoms with Gasteiger partial charge in [-0.05, 0) is 30.9 Å². The van der Waals surface area contributed by atoms with Crippen LogP contribution in [0.1, 0.15) is 18.4 Å². The SMILES string of the molecule is Cl.N=C(N)c1c(F)cccc1N1CCC(CO)CC1. The number of nitrogens with two attached hydrogens (primary N) is 1. The van der Waals surface area contributed by atoms with Gasteiger partial charge in [0.2, 0.25) is 0 Å². The van der Waals surface area contributed by atoms with E-state index in [0.29, 0.717) is 11.6 Å². The predicted octanol–water partition coefficient (Wildman–Crippen LogP) is 1.74. The molecule has 106 valence electrons. The standard InChI is InChI=1S/C13H18FN3O.ClH/c14-10-2-1-3-11(12(10)13(15)16)17-6-4-9(8-18)5-7-17;/h1-3,9,18H,4-8H2,(H3,15,16);1H. The number of benzene rings is 1. The van der Waals surface area contributed by atoms with Crippen LogP contribution in [-0.4, -0.2) is 30.6 Å². The fourth-order valence-electron chi connectivity index (χ4n) is 2.40. The van der Waals surface area contributed by atoms with Gasteiger partial charge in [0.1, 0.15) is 11.7 Å². The Hall–Kier alpha value is -1.33. The maximum absolute atomic E-state index is 13.7. The van der Waals surface area contributed by atoms with Crippen LogP contribution in [0.5, 0.6) is 0 Å². The number of rotatable bonds is 3. The second-order valence-electron chi connectivity index (χ2n) is 4.66. The molecular weight excluding hydrogens is 269 g/mol.